The van der Waals surface area contributed by atoms with Crippen molar-refractivity contribution in [3.63, 3.8) is 0 Å². The van der Waals surface area contributed by atoms with Crippen LogP contribution in [-0.2, 0) is 19.5 Å². The number of ether oxygens (including phenoxy) is 2. The van der Waals surface area contributed by atoms with Gasteiger partial charge in [0, 0.05) is 32.8 Å². The molecule has 2 atom stereocenters. The van der Waals surface area contributed by atoms with Crippen molar-refractivity contribution in [2.45, 2.75) is 45.3 Å². The summed E-state index contributed by atoms with van der Waals surface area (Å²) in [6, 6.07) is 0.0889. The number of halogens is 1. The van der Waals surface area contributed by atoms with Crippen molar-refractivity contribution in [3.8, 4) is 0 Å². The van der Waals surface area contributed by atoms with Crippen LogP contribution in [0.25, 0.3) is 0 Å². The molecule has 0 bridgehead atoms. The Kier molecular flexibility index (Phi) is 13.9. The molecule has 3 N–H and O–H groups in total. The summed E-state index contributed by atoms with van der Waals surface area (Å²) in [7, 11) is -1.71. The second kappa shape index (κ2) is 14.0. The van der Waals surface area contributed by atoms with Crippen molar-refractivity contribution in [3.05, 3.63) is 0 Å². The van der Waals surface area contributed by atoms with Crippen LogP contribution in [0.5, 0.6) is 0 Å². The Bertz CT molecular complexity index is 470. The molecule has 0 saturated carbocycles. The molecular formula is C15H33IN4O4S. The molecule has 0 aromatic carbocycles. The maximum absolute atomic E-state index is 12.0. The summed E-state index contributed by atoms with van der Waals surface area (Å²) < 4.78 is 37.3. The van der Waals surface area contributed by atoms with Gasteiger partial charge >= 0.3 is 0 Å². The fourth-order valence-corrected chi connectivity index (χ4v) is 3.30. The van der Waals surface area contributed by atoms with Gasteiger partial charge in [-0.25, -0.2) is 13.1 Å². The Labute approximate surface area is 169 Å². The minimum absolute atomic E-state index is 0. The Balaban J connectivity index is 0.00000576. The van der Waals surface area contributed by atoms with Crippen molar-refractivity contribution >= 4 is 40.0 Å². The van der Waals surface area contributed by atoms with Crippen LogP contribution in [0.1, 0.15) is 33.1 Å². The van der Waals surface area contributed by atoms with E-state index in [1.54, 1.807) is 7.11 Å². The lowest BCUT2D eigenvalue weighted by molar-refractivity contribution is 0.0200. The van der Waals surface area contributed by atoms with Crippen LogP contribution in [0, 0.1) is 0 Å². The summed E-state index contributed by atoms with van der Waals surface area (Å²) in [5.41, 5.74) is 0. The Morgan fingerprint density at radius 3 is 2.76 bits per heavy atom. The average Bonchev–Trinajstić information content (AvgIpc) is 2.54. The van der Waals surface area contributed by atoms with Crippen LogP contribution in [0.2, 0.25) is 0 Å². The van der Waals surface area contributed by atoms with Crippen LogP contribution in [0.15, 0.2) is 4.99 Å². The third kappa shape index (κ3) is 11.9. The molecule has 1 saturated heterocycles. The van der Waals surface area contributed by atoms with E-state index in [-0.39, 0.29) is 48.4 Å². The van der Waals surface area contributed by atoms with E-state index in [4.69, 9.17) is 9.47 Å². The Morgan fingerprint density at radius 1 is 1.40 bits per heavy atom. The zero-order valence-corrected chi connectivity index (χ0v) is 18.6. The van der Waals surface area contributed by atoms with Gasteiger partial charge in [0.15, 0.2) is 5.96 Å². The second-order valence-electron chi connectivity index (χ2n) is 5.92. The minimum Gasteiger partial charge on any atom is -0.383 e. The zero-order valence-electron chi connectivity index (χ0n) is 15.4. The predicted molar refractivity (Wildman–Crippen MR) is 111 cm³/mol. The standard InChI is InChI=1S/C15H32N4O4S.HI/c1-4-16-15(19-13(2)12-22-3)17-8-10-24(20,21)18-11-14-7-5-6-9-23-14;/h13-14,18H,4-12H2,1-3H3,(H2,16,17,19);1H. The summed E-state index contributed by atoms with van der Waals surface area (Å²) in [6.45, 7) is 6.43. The molecule has 25 heavy (non-hydrogen) atoms. The second-order valence-corrected chi connectivity index (χ2v) is 7.84. The third-order valence-corrected chi connectivity index (χ3v) is 4.91. The molecule has 1 heterocycles. The predicted octanol–water partition coefficient (Wildman–Crippen LogP) is 0.683. The van der Waals surface area contributed by atoms with Gasteiger partial charge in [-0.1, -0.05) is 0 Å². The van der Waals surface area contributed by atoms with Gasteiger partial charge in [0.25, 0.3) is 0 Å². The molecule has 150 valence electrons. The lowest BCUT2D eigenvalue weighted by Crippen LogP contribution is -2.44. The summed E-state index contributed by atoms with van der Waals surface area (Å²) in [5, 5.41) is 6.26. The molecule has 1 aliphatic heterocycles. The van der Waals surface area contributed by atoms with Crippen molar-refractivity contribution < 1.29 is 17.9 Å². The van der Waals surface area contributed by atoms with Crippen molar-refractivity contribution in [1.29, 1.82) is 0 Å². The highest BCUT2D eigenvalue weighted by Gasteiger charge is 2.17. The van der Waals surface area contributed by atoms with Crippen LogP contribution in [0.4, 0.5) is 0 Å². The minimum atomic E-state index is -3.35. The molecule has 1 aliphatic rings. The van der Waals surface area contributed by atoms with Gasteiger partial charge in [0.05, 0.1) is 25.0 Å². The van der Waals surface area contributed by atoms with E-state index >= 15 is 0 Å². The number of guanidine groups is 1. The molecular weight excluding hydrogens is 459 g/mol. The molecule has 2 unspecified atom stereocenters. The fourth-order valence-electron chi connectivity index (χ4n) is 2.38. The molecule has 0 radical (unpaired) electrons. The number of aliphatic imine (C=N–C) groups is 1. The van der Waals surface area contributed by atoms with Crippen LogP contribution in [-0.4, -0.2) is 72.2 Å². The molecule has 0 amide bonds. The van der Waals surface area contributed by atoms with E-state index in [9.17, 15) is 8.42 Å². The van der Waals surface area contributed by atoms with Gasteiger partial charge in [-0.05, 0) is 33.1 Å². The zero-order chi connectivity index (χ0) is 17.8. The summed E-state index contributed by atoms with van der Waals surface area (Å²) in [6.07, 6.45) is 3.05. The monoisotopic (exact) mass is 492 g/mol. The van der Waals surface area contributed by atoms with Gasteiger partial charge in [-0.3, -0.25) is 4.99 Å². The first-order valence-corrected chi connectivity index (χ1v) is 10.2. The molecule has 1 rings (SSSR count). The lowest BCUT2D eigenvalue weighted by atomic mass is 10.1. The fraction of sp³-hybridized carbons (Fsp3) is 0.933. The molecule has 0 spiro atoms. The molecule has 10 heteroatoms. The number of hydrogen-bond donors (Lipinski definition) is 3. The van der Waals surface area contributed by atoms with Crippen molar-refractivity contribution in [1.82, 2.24) is 15.4 Å². The molecule has 8 nitrogen and oxygen atoms in total. The molecule has 1 fully saturated rings. The van der Waals surface area contributed by atoms with Gasteiger partial charge in [-0.2, -0.15) is 0 Å². The highest BCUT2D eigenvalue weighted by Crippen LogP contribution is 2.11. The van der Waals surface area contributed by atoms with E-state index in [0.717, 1.165) is 19.3 Å². The number of nitrogens with one attached hydrogen (secondary N) is 3. The smallest absolute Gasteiger partial charge is 0.213 e. The first kappa shape index (κ1) is 24.8. The molecule has 0 aliphatic carbocycles. The lowest BCUT2D eigenvalue weighted by Gasteiger charge is -2.22. The summed E-state index contributed by atoms with van der Waals surface area (Å²) in [4.78, 5) is 4.30. The number of sulfonamides is 1. The maximum Gasteiger partial charge on any atom is 0.213 e. The van der Waals surface area contributed by atoms with E-state index in [0.29, 0.717) is 32.3 Å². The van der Waals surface area contributed by atoms with Crippen LogP contribution < -0.4 is 15.4 Å². The summed E-state index contributed by atoms with van der Waals surface area (Å²) >= 11 is 0. The van der Waals surface area contributed by atoms with Crippen LogP contribution in [0.3, 0.4) is 0 Å². The summed E-state index contributed by atoms with van der Waals surface area (Å²) in [5.74, 6) is 0.544. The van der Waals surface area contributed by atoms with Crippen molar-refractivity contribution in [2.75, 3.05) is 45.7 Å². The maximum atomic E-state index is 12.0. The highest BCUT2D eigenvalue weighted by molar-refractivity contribution is 14.0. The highest BCUT2D eigenvalue weighted by atomic mass is 127. The molecule has 0 aromatic rings. The van der Waals surface area contributed by atoms with E-state index in [1.807, 2.05) is 13.8 Å². The SMILES string of the molecule is CCNC(=NCCS(=O)(=O)NCC1CCCCO1)NC(C)COC.I. The molecule has 0 aromatic heterocycles. The van der Waals surface area contributed by atoms with E-state index < -0.39 is 10.0 Å². The number of methoxy groups -OCH3 is 1. The first-order chi connectivity index (χ1) is 11.5. The third-order valence-electron chi connectivity index (χ3n) is 3.58. The van der Waals surface area contributed by atoms with Gasteiger partial charge in [0.1, 0.15) is 0 Å². The van der Waals surface area contributed by atoms with Gasteiger partial charge < -0.3 is 20.1 Å². The van der Waals surface area contributed by atoms with Crippen LogP contribution >= 0.6 is 24.0 Å². The largest absolute Gasteiger partial charge is 0.383 e. The average molecular weight is 492 g/mol. The number of hydrogen-bond acceptors (Lipinski definition) is 5. The number of nitrogens with zero attached hydrogens (tertiary/aromatic N) is 1. The van der Waals surface area contributed by atoms with Gasteiger partial charge in [0.2, 0.25) is 10.0 Å². The van der Waals surface area contributed by atoms with E-state index in [2.05, 4.69) is 20.3 Å². The Morgan fingerprint density at radius 2 is 2.16 bits per heavy atom. The first-order valence-electron chi connectivity index (χ1n) is 8.59. The quantitative estimate of drug-likeness (QED) is 0.236. The van der Waals surface area contributed by atoms with Gasteiger partial charge in [-0.15, -0.1) is 24.0 Å². The topological polar surface area (TPSA) is 101 Å². The van der Waals surface area contributed by atoms with Crippen molar-refractivity contribution in [2.24, 2.45) is 4.99 Å². The normalized spacial score (nSPS) is 19.8. The Hall–Kier alpha value is -0.170. The number of rotatable bonds is 10. The van der Waals surface area contributed by atoms with E-state index in [1.165, 1.54) is 0 Å².